The predicted octanol–water partition coefficient (Wildman–Crippen LogP) is 3.52. The Morgan fingerprint density at radius 1 is 1.17 bits per heavy atom. The third kappa shape index (κ3) is 6.19. The number of nitrogens with one attached hydrogen (secondary N) is 1. The van der Waals surface area contributed by atoms with Crippen molar-refractivity contribution in [1.82, 2.24) is 10.2 Å². The first-order valence-electron chi connectivity index (χ1n) is 7.99. The first-order chi connectivity index (χ1) is 8.56. The molecule has 0 spiro atoms. The van der Waals surface area contributed by atoms with Crippen molar-refractivity contribution in [3.63, 3.8) is 0 Å². The van der Waals surface area contributed by atoms with Crippen LogP contribution in [0, 0.1) is 11.3 Å². The molecule has 1 heterocycles. The minimum absolute atomic E-state index is 0.459. The molecule has 0 aromatic carbocycles. The molecule has 0 amide bonds. The normalized spacial score (nSPS) is 21.2. The van der Waals surface area contributed by atoms with Gasteiger partial charge in [-0.05, 0) is 50.2 Å². The lowest BCUT2D eigenvalue weighted by atomic mass is 9.84. The Bertz CT molecular complexity index is 209. The van der Waals surface area contributed by atoms with Crippen LogP contribution in [0.5, 0.6) is 0 Å². The van der Waals surface area contributed by atoms with Gasteiger partial charge < -0.3 is 10.2 Å². The van der Waals surface area contributed by atoms with Crippen molar-refractivity contribution in [2.45, 2.75) is 59.8 Å². The molecule has 2 heteroatoms. The largest absolute Gasteiger partial charge is 0.316 e. The number of hydrogen-bond donors (Lipinski definition) is 1. The van der Waals surface area contributed by atoms with Crippen LogP contribution in [0.2, 0.25) is 0 Å². The topological polar surface area (TPSA) is 15.3 Å². The highest BCUT2D eigenvalue weighted by molar-refractivity contribution is 4.82. The van der Waals surface area contributed by atoms with E-state index in [9.17, 15) is 0 Å². The van der Waals surface area contributed by atoms with Crippen molar-refractivity contribution in [2.24, 2.45) is 11.3 Å². The van der Waals surface area contributed by atoms with E-state index in [-0.39, 0.29) is 0 Å². The molecule has 108 valence electrons. The molecule has 1 rings (SSSR count). The van der Waals surface area contributed by atoms with E-state index in [1.54, 1.807) is 0 Å². The van der Waals surface area contributed by atoms with E-state index in [0.29, 0.717) is 5.41 Å². The Balaban J connectivity index is 2.39. The second-order valence-electron chi connectivity index (χ2n) is 6.92. The molecular formula is C16H34N2. The van der Waals surface area contributed by atoms with Crippen LogP contribution in [0.15, 0.2) is 0 Å². The number of likely N-dealkylation sites (tertiary alicyclic amines) is 1. The van der Waals surface area contributed by atoms with E-state index in [2.05, 4.69) is 37.9 Å². The second-order valence-corrected chi connectivity index (χ2v) is 6.92. The maximum Gasteiger partial charge on any atom is 0.00475 e. The van der Waals surface area contributed by atoms with Crippen LogP contribution in [-0.4, -0.2) is 37.6 Å². The highest BCUT2D eigenvalue weighted by atomic mass is 15.1. The Labute approximate surface area is 115 Å². The summed E-state index contributed by atoms with van der Waals surface area (Å²) in [4.78, 5) is 2.69. The molecule has 0 aromatic heterocycles. The number of nitrogens with zero attached hydrogens (tertiary/aromatic N) is 1. The van der Waals surface area contributed by atoms with E-state index in [0.717, 1.165) is 12.5 Å². The fourth-order valence-corrected chi connectivity index (χ4v) is 3.15. The number of hydrogen-bond acceptors (Lipinski definition) is 2. The maximum atomic E-state index is 3.67. The van der Waals surface area contributed by atoms with Crippen molar-refractivity contribution >= 4 is 0 Å². The lowest BCUT2D eigenvalue weighted by Gasteiger charge is -2.37. The molecular weight excluding hydrogens is 220 g/mol. The molecule has 0 aromatic rings. The molecule has 1 N–H and O–H groups in total. The predicted molar refractivity (Wildman–Crippen MR) is 81.0 cm³/mol. The minimum Gasteiger partial charge on any atom is -0.316 e. The van der Waals surface area contributed by atoms with E-state index < -0.39 is 0 Å². The Morgan fingerprint density at radius 2 is 1.83 bits per heavy atom. The van der Waals surface area contributed by atoms with Gasteiger partial charge in [0.2, 0.25) is 0 Å². The lowest BCUT2D eigenvalue weighted by Crippen LogP contribution is -2.44. The van der Waals surface area contributed by atoms with Gasteiger partial charge in [-0.3, -0.25) is 0 Å². The Kier molecular flexibility index (Phi) is 7.25. The molecule has 1 unspecified atom stereocenters. The summed E-state index contributed by atoms with van der Waals surface area (Å²) in [6, 6.07) is 0. The molecule has 0 aliphatic carbocycles. The summed E-state index contributed by atoms with van der Waals surface area (Å²) in [6.07, 6.45) is 6.89. The van der Waals surface area contributed by atoms with Crippen LogP contribution in [0.4, 0.5) is 0 Å². The van der Waals surface area contributed by atoms with Gasteiger partial charge in [0.1, 0.15) is 0 Å². The van der Waals surface area contributed by atoms with Gasteiger partial charge in [0.25, 0.3) is 0 Å². The molecule has 1 atom stereocenters. The number of rotatable bonds is 8. The molecule has 1 fully saturated rings. The highest BCUT2D eigenvalue weighted by Gasteiger charge is 2.26. The van der Waals surface area contributed by atoms with Crippen LogP contribution in [0.1, 0.15) is 59.8 Å². The minimum atomic E-state index is 0.459. The third-order valence-electron chi connectivity index (χ3n) is 4.01. The molecule has 2 nitrogen and oxygen atoms in total. The summed E-state index contributed by atoms with van der Waals surface area (Å²) < 4.78 is 0. The summed E-state index contributed by atoms with van der Waals surface area (Å²) in [6.45, 7) is 15.6. The fourth-order valence-electron chi connectivity index (χ4n) is 3.15. The monoisotopic (exact) mass is 254 g/mol. The zero-order valence-corrected chi connectivity index (χ0v) is 13.1. The summed E-state index contributed by atoms with van der Waals surface area (Å²) in [5, 5.41) is 3.67. The molecule has 18 heavy (non-hydrogen) atoms. The van der Waals surface area contributed by atoms with E-state index in [1.165, 1.54) is 58.3 Å². The average Bonchev–Trinajstić information content (AvgIpc) is 2.29. The smallest absolute Gasteiger partial charge is 0.00475 e. The zero-order chi connectivity index (χ0) is 13.4. The third-order valence-corrected chi connectivity index (χ3v) is 4.01. The van der Waals surface area contributed by atoms with Gasteiger partial charge in [-0.25, -0.2) is 0 Å². The SMILES string of the molecule is CCCC(C)(CNCC(C)C)CN1CCCCC1. The fraction of sp³-hybridized carbons (Fsp3) is 1.00. The van der Waals surface area contributed by atoms with Crippen molar-refractivity contribution in [1.29, 1.82) is 0 Å². The molecule has 0 radical (unpaired) electrons. The molecule has 0 bridgehead atoms. The van der Waals surface area contributed by atoms with Crippen molar-refractivity contribution in [2.75, 3.05) is 32.7 Å². The van der Waals surface area contributed by atoms with Crippen LogP contribution >= 0.6 is 0 Å². The molecule has 0 saturated carbocycles. The van der Waals surface area contributed by atoms with Crippen LogP contribution in [-0.2, 0) is 0 Å². The summed E-state index contributed by atoms with van der Waals surface area (Å²) in [7, 11) is 0. The van der Waals surface area contributed by atoms with Gasteiger partial charge in [-0.1, -0.05) is 40.5 Å². The number of piperidine rings is 1. The van der Waals surface area contributed by atoms with Crippen LogP contribution < -0.4 is 5.32 Å². The van der Waals surface area contributed by atoms with Gasteiger partial charge in [0, 0.05) is 13.1 Å². The quantitative estimate of drug-likeness (QED) is 0.713. The van der Waals surface area contributed by atoms with Crippen molar-refractivity contribution in [3.8, 4) is 0 Å². The summed E-state index contributed by atoms with van der Waals surface area (Å²) in [5.74, 6) is 0.755. The summed E-state index contributed by atoms with van der Waals surface area (Å²) in [5.41, 5.74) is 0.459. The molecule has 1 aliphatic rings. The van der Waals surface area contributed by atoms with Crippen LogP contribution in [0.25, 0.3) is 0 Å². The standard InChI is InChI=1S/C16H34N2/c1-5-9-16(4,13-17-12-15(2)3)14-18-10-7-6-8-11-18/h15,17H,5-14H2,1-4H3. The van der Waals surface area contributed by atoms with Crippen LogP contribution in [0.3, 0.4) is 0 Å². The van der Waals surface area contributed by atoms with E-state index >= 15 is 0 Å². The molecule has 1 saturated heterocycles. The average molecular weight is 254 g/mol. The van der Waals surface area contributed by atoms with E-state index in [1.807, 2.05) is 0 Å². The highest BCUT2D eigenvalue weighted by Crippen LogP contribution is 2.25. The van der Waals surface area contributed by atoms with Crippen molar-refractivity contribution < 1.29 is 0 Å². The lowest BCUT2D eigenvalue weighted by molar-refractivity contribution is 0.129. The summed E-state index contributed by atoms with van der Waals surface area (Å²) >= 11 is 0. The molecule has 1 aliphatic heterocycles. The van der Waals surface area contributed by atoms with Gasteiger partial charge in [-0.2, -0.15) is 0 Å². The Morgan fingerprint density at radius 3 is 2.39 bits per heavy atom. The maximum absolute atomic E-state index is 3.67. The van der Waals surface area contributed by atoms with Gasteiger partial charge >= 0.3 is 0 Å². The first kappa shape index (κ1) is 16.0. The van der Waals surface area contributed by atoms with Gasteiger partial charge in [0.15, 0.2) is 0 Å². The first-order valence-corrected chi connectivity index (χ1v) is 7.99. The zero-order valence-electron chi connectivity index (χ0n) is 13.1. The second kappa shape index (κ2) is 8.16. The van der Waals surface area contributed by atoms with Crippen molar-refractivity contribution in [3.05, 3.63) is 0 Å². The Hall–Kier alpha value is -0.0800. The van der Waals surface area contributed by atoms with E-state index in [4.69, 9.17) is 0 Å². The van der Waals surface area contributed by atoms with Gasteiger partial charge in [0.05, 0.1) is 0 Å². The van der Waals surface area contributed by atoms with Gasteiger partial charge in [-0.15, -0.1) is 0 Å².